The normalized spacial score (nSPS) is 16.7. The quantitative estimate of drug-likeness (QED) is 0.417. The van der Waals surface area contributed by atoms with E-state index in [4.69, 9.17) is 9.72 Å². The monoisotopic (exact) mass is 469 g/mol. The molecule has 2 heterocycles. The summed E-state index contributed by atoms with van der Waals surface area (Å²) in [6.45, 7) is 7.22. The Kier molecular flexibility index (Phi) is 6.31. The van der Waals surface area contributed by atoms with Crippen molar-refractivity contribution in [1.29, 1.82) is 0 Å². The molecule has 3 aromatic carbocycles. The zero-order chi connectivity index (χ0) is 24.5. The lowest BCUT2D eigenvalue weighted by Crippen LogP contribution is -2.27. The number of carbonyl (C=O) groups is 1. The van der Waals surface area contributed by atoms with E-state index in [9.17, 15) is 9.90 Å². The van der Waals surface area contributed by atoms with Crippen LogP contribution in [-0.4, -0.2) is 39.8 Å². The van der Waals surface area contributed by atoms with Crippen molar-refractivity contribution in [2.24, 2.45) is 0 Å². The second-order valence-electron chi connectivity index (χ2n) is 9.47. The maximum Gasteiger partial charge on any atom is 0.227 e. The predicted molar refractivity (Wildman–Crippen MR) is 138 cm³/mol. The van der Waals surface area contributed by atoms with Gasteiger partial charge in [-0.3, -0.25) is 4.79 Å². The highest BCUT2D eigenvalue weighted by Crippen LogP contribution is 2.34. The standard InChI is InChI=1S/C29H31N3O3/c1-19-12-13-24(14-21(19)3)35-18-23(33)17-32-27-11-7-5-9-25(27)30-29(32)22-15-28(34)31(16-22)26-10-6-4-8-20(26)2/h4-14,22-23,33H,15-18H2,1-3H3/t22-,23-/m1/s1. The average Bonchev–Trinajstić information content (AvgIpc) is 3.41. The van der Waals surface area contributed by atoms with Crippen LogP contribution in [0.5, 0.6) is 5.75 Å². The Hall–Kier alpha value is -3.64. The maximum absolute atomic E-state index is 13.0. The summed E-state index contributed by atoms with van der Waals surface area (Å²) < 4.78 is 7.95. The van der Waals surface area contributed by atoms with Crippen molar-refractivity contribution < 1.29 is 14.6 Å². The van der Waals surface area contributed by atoms with Crippen LogP contribution < -0.4 is 9.64 Å². The summed E-state index contributed by atoms with van der Waals surface area (Å²) in [5.41, 5.74) is 6.21. The molecule has 0 bridgehead atoms. The number of aliphatic hydroxyl groups excluding tert-OH is 1. The molecule has 1 saturated heterocycles. The van der Waals surface area contributed by atoms with Gasteiger partial charge in [-0.05, 0) is 67.8 Å². The van der Waals surface area contributed by atoms with Crippen LogP contribution >= 0.6 is 0 Å². The largest absolute Gasteiger partial charge is 0.491 e. The summed E-state index contributed by atoms with van der Waals surface area (Å²) in [7, 11) is 0. The van der Waals surface area contributed by atoms with E-state index >= 15 is 0 Å². The summed E-state index contributed by atoms with van der Waals surface area (Å²) in [6.07, 6.45) is -0.329. The Bertz CT molecular complexity index is 1380. The van der Waals surface area contributed by atoms with Crippen LogP contribution in [0, 0.1) is 20.8 Å². The number of hydrogen-bond donors (Lipinski definition) is 1. The van der Waals surface area contributed by atoms with Gasteiger partial charge in [-0.2, -0.15) is 0 Å². The van der Waals surface area contributed by atoms with Crippen LogP contribution in [0.3, 0.4) is 0 Å². The van der Waals surface area contributed by atoms with E-state index in [2.05, 4.69) is 11.5 Å². The Morgan fingerprint density at radius 2 is 1.77 bits per heavy atom. The SMILES string of the molecule is Cc1ccc(OC[C@H](O)Cn2c([C@@H]3CC(=O)N(c4ccccc4C)C3)nc3ccccc32)cc1C. The minimum atomic E-state index is -0.724. The van der Waals surface area contributed by atoms with E-state index in [1.54, 1.807) is 0 Å². The number of fused-ring (bicyclic) bond motifs is 1. The topological polar surface area (TPSA) is 67.6 Å². The lowest BCUT2D eigenvalue weighted by atomic mass is 10.1. The molecular formula is C29H31N3O3. The average molecular weight is 470 g/mol. The molecule has 0 spiro atoms. The lowest BCUT2D eigenvalue weighted by Gasteiger charge is -2.20. The Morgan fingerprint density at radius 1 is 1.00 bits per heavy atom. The zero-order valence-corrected chi connectivity index (χ0v) is 20.4. The third kappa shape index (κ3) is 4.66. The molecular weight excluding hydrogens is 438 g/mol. The lowest BCUT2D eigenvalue weighted by molar-refractivity contribution is -0.117. The Labute approximate surface area is 205 Å². The summed E-state index contributed by atoms with van der Waals surface area (Å²) in [5.74, 6) is 1.63. The minimum Gasteiger partial charge on any atom is -0.491 e. The summed E-state index contributed by atoms with van der Waals surface area (Å²) in [4.78, 5) is 19.8. The number of amides is 1. The van der Waals surface area contributed by atoms with E-state index in [1.165, 1.54) is 5.56 Å². The Balaban J connectivity index is 1.38. The molecule has 0 radical (unpaired) electrons. The van der Waals surface area contributed by atoms with Gasteiger partial charge in [-0.25, -0.2) is 4.98 Å². The number of benzene rings is 3. The van der Waals surface area contributed by atoms with Gasteiger partial charge in [0.2, 0.25) is 5.91 Å². The molecule has 35 heavy (non-hydrogen) atoms. The molecule has 0 saturated carbocycles. The van der Waals surface area contributed by atoms with Crippen LogP contribution in [0.4, 0.5) is 5.69 Å². The third-order valence-electron chi connectivity index (χ3n) is 6.89. The van der Waals surface area contributed by atoms with E-state index in [0.717, 1.165) is 39.4 Å². The number of hydrogen-bond acceptors (Lipinski definition) is 4. The first kappa shape index (κ1) is 23.1. The molecule has 4 aromatic rings. The molecule has 1 aliphatic rings. The molecule has 0 aliphatic carbocycles. The van der Waals surface area contributed by atoms with Crippen molar-refractivity contribution in [3.8, 4) is 5.75 Å². The van der Waals surface area contributed by atoms with Gasteiger partial charge in [0, 0.05) is 24.6 Å². The smallest absolute Gasteiger partial charge is 0.227 e. The number of para-hydroxylation sites is 3. The molecule has 6 heteroatoms. The number of aromatic nitrogens is 2. The fourth-order valence-electron chi connectivity index (χ4n) is 4.84. The number of imidazole rings is 1. The number of anilines is 1. The van der Waals surface area contributed by atoms with Crippen molar-refractivity contribution in [2.75, 3.05) is 18.1 Å². The van der Waals surface area contributed by atoms with Crippen LogP contribution in [0.2, 0.25) is 0 Å². The summed E-state index contributed by atoms with van der Waals surface area (Å²) in [6, 6.07) is 21.8. The van der Waals surface area contributed by atoms with Gasteiger partial charge >= 0.3 is 0 Å². The van der Waals surface area contributed by atoms with Crippen LogP contribution in [0.1, 0.15) is 34.9 Å². The summed E-state index contributed by atoms with van der Waals surface area (Å²) in [5, 5.41) is 10.9. The van der Waals surface area contributed by atoms with Gasteiger partial charge in [0.15, 0.2) is 0 Å². The molecule has 1 N–H and O–H groups in total. The first-order chi connectivity index (χ1) is 16.9. The molecule has 0 unspecified atom stereocenters. The fourth-order valence-corrected chi connectivity index (χ4v) is 4.84. The molecule has 1 aromatic heterocycles. The van der Waals surface area contributed by atoms with Gasteiger partial charge in [0.05, 0.1) is 17.6 Å². The second-order valence-corrected chi connectivity index (χ2v) is 9.47. The number of aliphatic hydroxyl groups is 1. The number of rotatable bonds is 7. The highest BCUT2D eigenvalue weighted by atomic mass is 16.5. The van der Waals surface area contributed by atoms with Gasteiger partial charge in [0.1, 0.15) is 24.3 Å². The fraction of sp³-hybridized carbons (Fsp3) is 0.310. The van der Waals surface area contributed by atoms with Gasteiger partial charge < -0.3 is 19.3 Å². The van der Waals surface area contributed by atoms with E-state index < -0.39 is 6.10 Å². The highest BCUT2D eigenvalue weighted by Gasteiger charge is 2.35. The molecule has 180 valence electrons. The van der Waals surface area contributed by atoms with E-state index in [-0.39, 0.29) is 18.4 Å². The van der Waals surface area contributed by atoms with Crippen molar-refractivity contribution >= 4 is 22.6 Å². The molecule has 5 rings (SSSR count). The van der Waals surface area contributed by atoms with Crippen molar-refractivity contribution in [1.82, 2.24) is 9.55 Å². The second kappa shape index (κ2) is 9.55. The summed E-state index contributed by atoms with van der Waals surface area (Å²) >= 11 is 0. The third-order valence-corrected chi connectivity index (χ3v) is 6.89. The highest BCUT2D eigenvalue weighted by molar-refractivity contribution is 5.97. The van der Waals surface area contributed by atoms with Crippen molar-refractivity contribution in [3.05, 3.63) is 89.2 Å². The predicted octanol–water partition coefficient (Wildman–Crippen LogP) is 4.92. The van der Waals surface area contributed by atoms with Gasteiger partial charge in [0.25, 0.3) is 0 Å². The van der Waals surface area contributed by atoms with Crippen LogP contribution in [0.15, 0.2) is 66.7 Å². The first-order valence-electron chi connectivity index (χ1n) is 12.1. The van der Waals surface area contributed by atoms with Crippen molar-refractivity contribution in [2.45, 2.75) is 45.8 Å². The first-order valence-corrected chi connectivity index (χ1v) is 12.1. The Morgan fingerprint density at radius 3 is 2.57 bits per heavy atom. The van der Waals surface area contributed by atoms with Crippen molar-refractivity contribution in [3.63, 3.8) is 0 Å². The molecule has 1 amide bonds. The van der Waals surface area contributed by atoms with Crippen LogP contribution in [0.25, 0.3) is 11.0 Å². The minimum absolute atomic E-state index is 0.0534. The zero-order valence-electron chi connectivity index (χ0n) is 20.4. The number of nitrogens with zero attached hydrogens (tertiary/aromatic N) is 3. The molecule has 6 nitrogen and oxygen atoms in total. The molecule has 1 aliphatic heterocycles. The van der Waals surface area contributed by atoms with Gasteiger partial charge in [-0.15, -0.1) is 0 Å². The van der Waals surface area contributed by atoms with E-state index in [1.807, 2.05) is 85.5 Å². The number of carbonyl (C=O) groups excluding carboxylic acids is 1. The number of aryl methyl sites for hydroxylation is 3. The van der Waals surface area contributed by atoms with Gasteiger partial charge in [-0.1, -0.05) is 36.4 Å². The van der Waals surface area contributed by atoms with E-state index in [0.29, 0.717) is 19.5 Å². The maximum atomic E-state index is 13.0. The van der Waals surface area contributed by atoms with Crippen LogP contribution in [-0.2, 0) is 11.3 Å². The molecule has 2 atom stereocenters. The molecule has 1 fully saturated rings. The number of ether oxygens (including phenoxy) is 1.